The molecule has 6 nitrogen and oxygen atoms in total. The maximum atomic E-state index is 11.8. The molecular weight excluding hydrogens is 340 g/mol. The van der Waals surface area contributed by atoms with Gasteiger partial charge in [-0.05, 0) is 37.5 Å². The van der Waals surface area contributed by atoms with Crippen LogP contribution in [0.4, 0.5) is 5.82 Å². The maximum absolute atomic E-state index is 11.8. The van der Waals surface area contributed by atoms with Crippen molar-refractivity contribution < 1.29 is 9.90 Å². The Kier molecular flexibility index (Phi) is 6.42. The van der Waals surface area contributed by atoms with Crippen LogP contribution >= 0.6 is 0 Å². The van der Waals surface area contributed by atoms with Crippen molar-refractivity contribution in [1.82, 2.24) is 9.88 Å². The summed E-state index contributed by atoms with van der Waals surface area (Å²) < 4.78 is 0. The molecule has 1 aliphatic rings. The van der Waals surface area contributed by atoms with Crippen LogP contribution in [0.3, 0.4) is 0 Å². The van der Waals surface area contributed by atoms with Gasteiger partial charge in [0.25, 0.3) is 5.91 Å². The van der Waals surface area contributed by atoms with Gasteiger partial charge >= 0.3 is 0 Å². The topological polar surface area (TPSA) is 82.7 Å². The molecule has 1 saturated heterocycles. The fourth-order valence-corrected chi connectivity index (χ4v) is 3.70. The number of carbonyl (C=O) groups is 1. The van der Waals surface area contributed by atoms with Crippen LogP contribution in [0.25, 0.3) is 0 Å². The van der Waals surface area contributed by atoms with Crippen molar-refractivity contribution in [3.8, 4) is 0 Å². The highest BCUT2D eigenvalue weighted by atomic mass is 16.3. The fourth-order valence-electron chi connectivity index (χ4n) is 3.70. The molecular formula is C21H28N4O2. The zero-order valence-corrected chi connectivity index (χ0v) is 15.8. The highest BCUT2D eigenvalue weighted by molar-refractivity contribution is 5.97. The minimum absolute atomic E-state index is 0.143. The number of aromatic nitrogens is 1. The standard InChI is InChI=1S/C21H28N4O2/c1-16-7-8-19(20(22)27)21(23-16)25-13-12-24(18(15-25)10-14-26)11-9-17-5-3-2-4-6-17/h2-8,18,26H,9-15H2,1H3,(H2,22,27). The van der Waals surface area contributed by atoms with Gasteiger partial charge in [-0.15, -0.1) is 0 Å². The molecule has 0 aliphatic carbocycles. The molecule has 1 aliphatic heterocycles. The Labute approximate surface area is 160 Å². The van der Waals surface area contributed by atoms with Crippen LogP contribution in [0.1, 0.15) is 28.0 Å². The summed E-state index contributed by atoms with van der Waals surface area (Å²) in [4.78, 5) is 20.9. The third-order valence-corrected chi connectivity index (χ3v) is 5.18. The first-order chi connectivity index (χ1) is 13.1. The number of aliphatic hydroxyl groups is 1. The van der Waals surface area contributed by atoms with Crippen molar-refractivity contribution in [2.75, 3.05) is 37.7 Å². The van der Waals surface area contributed by atoms with Crippen molar-refractivity contribution in [2.45, 2.75) is 25.8 Å². The Morgan fingerprint density at radius 2 is 2.00 bits per heavy atom. The predicted molar refractivity (Wildman–Crippen MR) is 107 cm³/mol. The predicted octanol–water partition coefficient (Wildman–Crippen LogP) is 1.60. The van der Waals surface area contributed by atoms with Gasteiger partial charge in [0, 0.05) is 44.5 Å². The monoisotopic (exact) mass is 368 g/mol. The molecule has 1 fully saturated rings. The Balaban J connectivity index is 1.72. The van der Waals surface area contributed by atoms with E-state index < -0.39 is 5.91 Å². The van der Waals surface area contributed by atoms with Gasteiger partial charge in [-0.2, -0.15) is 0 Å². The van der Waals surface area contributed by atoms with Crippen molar-refractivity contribution >= 4 is 11.7 Å². The number of anilines is 1. The van der Waals surface area contributed by atoms with Crippen molar-refractivity contribution in [1.29, 1.82) is 0 Å². The number of hydrogen-bond donors (Lipinski definition) is 2. The largest absolute Gasteiger partial charge is 0.396 e. The van der Waals surface area contributed by atoms with E-state index in [4.69, 9.17) is 5.73 Å². The van der Waals surface area contributed by atoms with Gasteiger partial charge in [-0.3, -0.25) is 9.69 Å². The van der Waals surface area contributed by atoms with Crippen LogP contribution in [-0.2, 0) is 6.42 Å². The Morgan fingerprint density at radius 1 is 1.22 bits per heavy atom. The van der Waals surface area contributed by atoms with E-state index in [2.05, 4.69) is 39.0 Å². The first-order valence-electron chi connectivity index (χ1n) is 9.49. The second-order valence-corrected chi connectivity index (χ2v) is 7.07. The Hall–Kier alpha value is -2.44. The number of aryl methyl sites for hydroxylation is 1. The molecule has 144 valence electrons. The molecule has 0 spiro atoms. The number of hydrogen-bond acceptors (Lipinski definition) is 5. The van der Waals surface area contributed by atoms with Crippen LogP contribution in [-0.4, -0.2) is 59.7 Å². The van der Waals surface area contributed by atoms with E-state index in [0.29, 0.717) is 17.8 Å². The molecule has 0 radical (unpaired) electrons. The first kappa shape index (κ1) is 19.3. The van der Waals surface area contributed by atoms with Crippen molar-refractivity contribution in [3.63, 3.8) is 0 Å². The van der Waals surface area contributed by atoms with Gasteiger partial charge in [-0.1, -0.05) is 30.3 Å². The molecule has 0 bridgehead atoms. The number of nitrogens with zero attached hydrogens (tertiary/aromatic N) is 3. The van der Waals surface area contributed by atoms with Gasteiger partial charge < -0.3 is 15.7 Å². The molecule has 1 atom stereocenters. The van der Waals surface area contributed by atoms with E-state index in [1.54, 1.807) is 6.07 Å². The lowest BCUT2D eigenvalue weighted by molar-refractivity contribution is 0.0999. The lowest BCUT2D eigenvalue weighted by atomic mass is 10.1. The summed E-state index contributed by atoms with van der Waals surface area (Å²) >= 11 is 0. The SMILES string of the molecule is Cc1ccc(C(N)=O)c(N2CCN(CCc3ccccc3)C(CCO)C2)n1. The van der Waals surface area contributed by atoms with Crippen LogP contribution in [0.15, 0.2) is 42.5 Å². The smallest absolute Gasteiger partial charge is 0.252 e. The summed E-state index contributed by atoms with van der Waals surface area (Å²) in [7, 11) is 0. The molecule has 1 aromatic carbocycles. The van der Waals surface area contributed by atoms with Crippen molar-refractivity contribution in [2.24, 2.45) is 5.73 Å². The number of nitrogens with two attached hydrogens (primary N) is 1. The van der Waals surface area contributed by atoms with Gasteiger partial charge in [0.15, 0.2) is 0 Å². The number of carbonyl (C=O) groups excluding carboxylic acids is 1. The van der Waals surface area contributed by atoms with Gasteiger partial charge in [0.1, 0.15) is 5.82 Å². The number of pyridine rings is 1. The van der Waals surface area contributed by atoms with Crippen LogP contribution in [0.2, 0.25) is 0 Å². The third kappa shape index (κ3) is 4.84. The van der Waals surface area contributed by atoms with E-state index in [1.807, 2.05) is 19.1 Å². The van der Waals surface area contributed by atoms with Crippen LogP contribution < -0.4 is 10.6 Å². The van der Waals surface area contributed by atoms with E-state index in [0.717, 1.165) is 38.3 Å². The number of primary amides is 1. The molecule has 0 saturated carbocycles. The fraction of sp³-hybridized carbons (Fsp3) is 0.429. The second-order valence-electron chi connectivity index (χ2n) is 7.07. The summed E-state index contributed by atoms with van der Waals surface area (Å²) in [5.74, 6) is 0.205. The Morgan fingerprint density at radius 3 is 2.70 bits per heavy atom. The molecule has 27 heavy (non-hydrogen) atoms. The number of rotatable bonds is 7. The highest BCUT2D eigenvalue weighted by Gasteiger charge is 2.29. The zero-order chi connectivity index (χ0) is 19.2. The summed E-state index contributed by atoms with van der Waals surface area (Å²) in [5, 5.41) is 9.53. The molecule has 1 amide bonds. The number of amides is 1. The Bertz CT molecular complexity index is 766. The summed E-state index contributed by atoms with van der Waals surface area (Å²) in [6.45, 7) is 5.39. The lowest BCUT2D eigenvalue weighted by Gasteiger charge is -2.42. The average Bonchev–Trinajstić information content (AvgIpc) is 2.67. The maximum Gasteiger partial charge on any atom is 0.252 e. The average molecular weight is 368 g/mol. The number of aliphatic hydroxyl groups excluding tert-OH is 1. The minimum Gasteiger partial charge on any atom is -0.396 e. The van der Waals surface area contributed by atoms with Gasteiger partial charge in [0.05, 0.1) is 5.56 Å². The second kappa shape index (κ2) is 8.97. The summed E-state index contributed by atoms with van der Waals surface area (Å²) in [6.07, 6.45) is 1.68. The molecule has 6 heteroatoms. The number of benzene rings is 1. The molecule has 2 heterocycles. The minimum atomic E-state index is -0.456. The lowest BCUT2D eigenvalue weighted by Crippen LogP contribution is -2.54. The van der Waals surface area contributed by atoms with Gasteiger partial charge in [-0.25, -0.2) is 4.98 Å². The zero-order valence-electron chi connectivity index (χ0n) is 15.8. The van der Waals surface area contributed by atoms with E-state index in [1.165, 1.54) is 5.56 Å². The normalized spacial score (nSPS) is 17.9. The van der Waals surface area contributed by atoms with E-state index in [9.17, 15) is 9.90 Å². The number of piperazine rings is 1. The van der Waals surface area contributed by atoms with Crippen molar-refractivity contribution in [3.05, 3.63) is 59.3 Å². The third-order valence-electron chi connectivity index (χ3n) is 5.18. The quantitative estimate of drug-likeness (QED) is 0.776. The molecule has 1 aromatic heterocycles. The van der Waals surface area contributed by atoms with Gasteiger partial charge in [0.2, 0.25) is 0 Å². The van der Waals surface area contributed by atoms with E-state index in [-0.39, 0.29) is 12.6 Å². The first-order valence-corrected chi connectivity index (χ1v) is 9.49. The molecule has 3 N–H and O–H groups in total. The highest BCUT2D eigenvalue weighted by Crippen LogP contribution is 2.23. The summed E-state index contributed by atoms with van der Waals surface area (Å²) in [6, 6.07) is 14.2. The molecule has 1 unspecified atom stereocenters. The molecule has 2 aromatic rings. The van der Waals surface area contributed by atoms with Crippen LogP contribution in [0, 0.1) is 6.92 Å². The molecule has 3 rings (SSSR count). The van der Waals surface area contributed by atoms with Crippen LogP contribution in [0.5, 0.6) is 0 Å². The summed E-state index contributed by atoms with van der Waals surface area (Å²) in [5.41, 5.74) is 8.19. The van der Waals surface area contributed by atoms with E-state index >= 15 is 0 Å².